The van der Waals surface area contributed by atoms with E-state index < -0.39 is 8.32 Å². The molecule has 0 fully saturated rings. The Bertz CT molecular complexity index is 596. The maximum absolute atomic E-state index is 10.9. The number of carbonyl (C=O) groups excluding carboxylic acids is 1. The molecule has 28 heavy (non-hydrogen) atoms. The van der Waals surface area contributed by atoms with Crippen LogP contribution in [0.15, 0.2) is 42.5 Å². The highest BCUT2D eigenvalue weighted by Gasteiger charge is 2.42. The predicted octanol–water partition coefficient (Wildman–Crippen LogP) is 6.53. The molecule has 5 heteroatoms. The number of aldehydes is 1. The summed E-state index contributed by atoms with van der Waals surface area (Å²) in [6.45, 7) is 14.0. The third-order valence-corrected chi connectivity index (χ3v) is 10.4. The van der Waals surface area contributed by atoms with E-state index in [1.54, 1.807) is 0 Å². The lowest BCUT2D eigenvalue weighted by Crippen LogP contribution is -2.49. The summed E-state index contributed by atoms with van der Waals surface area (Å²) in [5.41, 5.74) is 1.14. The highest BCUT2D eigenvalue weighted by atomic mass is 79.9. The van der Waals surface area contributed by atoms with Crippen LogP contribution >= 0.6 is 15.9 Å². The molecule has 0 amide bonds. The molecule has 1 rings (SSSR count). The highest BCUT2D eigenvalue weighted by molar-refractivity contribution is 9.09. The van der Waals surface area contributed by atoms with E-state index in [-0.39, 0.29) is 23.2 Å². The first-order valence-corrected chi connectivity index (χ1v) is 14.1. The quantitative estimate of drug-likeness (QED) is 0.151. The van der Waals surface area contributed by atoms with Gasteiger partial charge >= 0.3 is 0 Å². The van der Waals surface area contributed by atoms with E-state index in [0.29, 0.717) is 13.0 Å². The monoisotopic (exact) mass is 468 g/mol. The largest absolute Gasteiger partial charge is 0.411 e. The molecule has 158 valence electrons. The Kier molecular flexibility index (Phi) is 10.9. The van der Waals surface area contributed by atoms with Gasteiger partial charge in [0.2, 0.25) is 0 Å². The molecule has 3 atom stereocenters. The molecular formula is C23H37BrO3Si. The second-order valence-electron chi connectivity index (χ2n) is 8.91. The van der Waals surface area contributed by atoms with E-state index in [9.17, 15) is 4.79 Å². The molecule has 0 saturated carbocycles. The van der Waals surface area contributed by atoms with Crippen LogP contribution in [0, 0.1) is 5.92 Å². The third kappa shape index (κ3) is 8.32. The van der Waals surface area contributed by atoms with Crippen molar-refractivity contribution in [3.63, 3.8) is 0 Å². The molecule has 3 nitrogen and oxygen atoms in total. The van der Waals surface area contributed by atoms with E-state index in [4.69, 9.17) is 9.16 Å². The Morgan fingerprint density at radius 2 is 1.82 bits per heavy atom. The minimum absolute atomic E-state index is 0.0835. The van der Waals surface area contributed by atoms with Crippen molar-refractivity contribution in [2.24, 2.45) is 5.92 Å². The Morgan fingerprint density at radius 1 is 1.18 bits per heavy atom. The molecule has 1 aromatic rings. The lowest BCUT2D eigenvalue weighted by molar-refractivity contribution is -0.108. The Morgan fingerprint density at radius 3 is 2.36 bits per heavy atom. The summed E-state index contributed by atoms with van der Waals surface area (Å²) < 4.78 is 13.2. The molecule has 0 unspecified atom stereocenters. The summed E-state index contributed by atoms with van der Waals surface area (Å²) in [4.78, 5) is 10.9. The number of hydrogen-bond donors (Lipinski definition) is 0. The van der Waals surface area contributed by atoms with Gasteiger partial charge in [-0.3, -0.25) is 0 Å². The van der Waals surface area contributed by atoms with Crippen LogP contribution in [-0.4, -0.2) is 32.1 Å². The lowest BCUT2D eigenvalue weighted by Gasteiger charge is -2.43. The fraction of sp³-hybridized carbons (Fsp3) is 0.609. The number of allylic oxidation sites excluding steroid dienone is 1. The lowest BCUT2D eigenvalue weighted by atomic mass is 9.95. The van der Waals surface area contributed by atoms with Gasteiger partial charge in [0, 0.05) is 11.8 Å². The molecule has 0 saturated heterocycles. The zero-order valence-corrected chi connectivity index (χ0v) is 20.9. The molecule has 0 spiro atoms. The maximum atomic E-state index is 10.9. The molecular weight excluding hydrogens is 432 g/mol. The number of ether oxygens (including phenoxy) is 1. The summed E-state index contributed by atoms with van der Waals surface area (Å²) in [6.07, 6.45) is 6.28. The van der Waals surface area contributed by atoms with Crippen molar-refractivity contribution in [1.82, 2.24) is 0 Å². The van der Waals surface area contributed by atoms with Crippen molar-refractivity contribution in [2.75, 3.05) is 5.33 Å². The molecule has 0 heterocycles. The van der Waals surface area contributed by atoms with Crippen LogP contribution in [-0.2, 0) is 20.6 Å². The van der Waals surface area contributed by atoms with Crippen LogP contribution < -0.4 is 0 Å². The van der Waals surface area contributed by atoms with Gasteiger partial charge in [-0.25, -0.2) is 0 Å². The highest BCUT2D eigenvalue weighted by Crippen LogP contribution is 2.39. The van der Waals surface area contributed by atoms with Crippen LogP contribution in [0.25, 0.3) is 0 Å². The minimum Gasteiger partial charge on any atom is -0.411 e. The van der Waals surface area contributed by atoms with Crippen molar-refractivity contribution in [1.29, 1.82) is 0 Å². The number of halogens is 1. The summed E-state index contributed by atoms with van der Waals surface area (Å²) in [6, 6.07) is 10.2. The van der Waals surface area contributed by atoms with Crippen LogP contribution in [0.2, 0.25) is 18.1 Å². The first-order valence-electron chi connectivity index (χ1n) is 10.1. The number of hydrogen-bond acceptors (Lipinski definition) is 3. The van der Waals surface area contributed by atoms with E-state index in [1.807, 2.05) is 18.2 Å². The first kappa shape index (κ1) is 25.3. The number of carbonyl (C=O) groups is 1. The SMILES string of the molecule is C[C@H](CCC=O)[C@@H](O[Si](C)(C)C(C)(C)C)[C@@H](/C=C/CBr)OCc1ccccc1. The minimum atomic E-state index is -1.99. The second kappa shape index (κ2) is 12.1. The van der Waals surface area contributed by atoms with Crippen LogP contribution in [0.1, 0.15) is 46.1 Å². The van der Waals surface area contributed by atoms with E-state index in [0.717, 1.165) is 23.6 Å². The van der Waals surface area contributed by atoms with Crippen LogP contribution in [0.5, 0.6) is 0 Å². The topological polar surface area (TPSA) is 35.5 Å². The molecule has 0 aromatic heterocycles. The Balaban J connectivity index is 3.09. The van der Waals surface area contributed by atoms with Crippen molar-refractivity contribution in [3.05, 3.63) is 48.0 Å². The van der Waals surface area contributed by atoms with Gasteiger partial charge in [0.15, 0.2) is 8.32 Å². The molecule has 0 bridgehead atoms. The van der Waals surface area contributed by atoms with E-state index in [2.05, 4.69) is 81.0 Å². The maximum Gasteiger partial charge on any atom is 0.192 e. The summed E-state index contributed by atoms with van der Waals surface area (Å²) >= 11 is 3.47. The summed E-state index contributed by atoms with van der Waals surface area (Å²) in [5.74, 6) is 0.222. The fourth-order valence-corrected chi connectivity index (χ4v) is 4.35. The third-order valence-electron chi connectivity index (χ3n) is 5.56. The number of alkyl halides is 1. The first-order chi connectivity index (χ1) is 13.1. The van der Waals surface area contributed by atoms with Crippen molar-refractivity contribution >= 4 is 30.5 Å². The summed E-state index contributed by atoms with van der Waals surface area (Å²) in [5, 5.41) is 0.881. The van der Waals surface area contributed by atoms with Gasteiger partial charge < -0.3 is 14.0 Å². The molecule has 0 radical (unpaired) electrons. The number of rotatable bonds is 12. The van der Waals surface area contributed by atoms with Crippen LogP contribution in [0.4, 0.5) is 0 Å². The molecule has 0 aliphatic rings. The second-order valence-corrected chi connectivity index (χ2v) is 14.3. The van der Waals surface area contributed by atoms with E-state index in [1.165, 1.54) is 0 Å². The standard InChI is InChI=1S/C23H37BrO3Si/c1-19(12-11-17-25)22(27-28(5,6)23(2,3)4)21(15-10-16-24)26-18-20-13-8-7-9-14-20/h7-10,13-15,17,19,21-22H,11-12,16,18H2,1-6H3/b15-10+/t19-,21-,22-/m1/s1. The predicted molar refractivity (Wildman–Crippen MR) is 124 cm³/mol. The van der Waals surface area contributed by atoms with Gasteiger partial charge in [0.25, 0.3) is 0 Å². The normalized spacial score (nSPS) is 16.1. The van der Waals surface area contributed by atoms with E-state index >= 15 is 0 Å². The van der Waals surface area contributed by atoms with Gasteiger partial charge in [-0.1, -0.05) is 86.1 Å². The number of benzene rings is 1. The van der Waals surface area contributed by atoms with Gasteiger partial charge in [0.1, 0.15) is 12.4 Å². The smallest absolute Gasteiger partial charge is 0.192 e. The Hall–Kier alpha value is -0.753. The van der Waals surface area contributed by atoms with Gasteiger partial charge in [0.05, 0.1) is 12.7 Å². The van der Waals surface area contributed by atoms with Gasteiger partial charge in [-0.2, -0.15) is 0 Å². The van der Waals surface area contributed by atoms with Gasteiger partial charge in [-0.15, -0.1) is 0 Å². The molecule has 1 aromatic carbocycles. The summed E-state index contributed by atoms with van der Waals surface area (Å²) in [7, 11) is -1.99. The molecule has 0 aliphatic heterocycles. The average molecular weight is 470 g/mol. The van der Waals surface area contributed by atoms with Gasteiger partial charge in [-0.05, 0) is 36.0 Å². The molecule has 0 N–H and O–H groups in total. The fourth-order valence-electron chi connectivity index (χ4n) is 2.73. The Labute approximate surface area is 181 Å². The van der Waals surface area contributed by atoms with Crippen LogP contribution in [0.3, 0.4) is 0 Å². The zero-order valence-electron chi connectivity index (χ0n) is 18.3. The van der Waals surface area contributed by atoms with Crippen molar-refractivity contribution in [3.8, 4) is 0 Å². The average Bonchev–Trinajstić information content (AvgIpc) is 2.64. The zero-order chi connectivity index (χ0) is 21.2. The molecule has 0 aliphatic carbocycles. The van der Waals surface area contributed by atoms with Crippen molar-refractivity contribution in [2.45, 2.75) is 77.5 Å². The van der Waals surface area contributed by atoms with Crippen molar-refractivity contribution < 1.29 is 14.0 Å².